The van der Waals surface area contributed by atoms with Gasteiger partial charge in [-0.15, -0.1) is 0 Å². The van der Waals surface area contributed by atoms with Gasteiger partial charge in [0.15, 0.2) is 0 Å². The fourth-order valence-corrected chi connectivity index (χ4v) is 1.78. The molecule has 76 valence electrons. The Bertz CT molecular complexity index is 176. The summed E-state index contributed by atoms with van der Waals surface area (Å²) in [6.07, 6.45) is 2.28. The number of nitrogens with two attached hydrogens (primary N) is 1. The van der Waals surface area contributed by atoms with Crippen molar-refractivity contribution in [3.05, 3.63) is 0 Å². The predicted octanol–water partition coefficient (Wildman–Crippen LogP) is 0.812. The van der Waals surface area contributed by atoms with Gasteiger partial charge in [-0.1, -0.05) is 0 Å². The molecule has 0 aromatic heterocycles. The Morgan fingerprint density at radius 2 is 2.08 bits per heavy atom. The fraction of sp³-hybridized carbons (Fsp3) is 0.889. The second-order valence-electron chi connectivity index (χ2n) is 3.60. The average molecular weight is 186 g/mol. The van der Waals surface area contributed by atoms with Gasteiger partial charge in [0.25, 0.3) is 0 Å². The van der Waals surface area contributed by atoms with E-state index >= 15 is 0 Å². The Morgan fingerprint density at radius 1 is 1.54 bits per heavy atom. The topological polar surface area (TPSA) is 55.6 Å². The quantitative estimate of drug-likeness (QED) is 0.694. The summed E-state index contributed by atoms with van der Waals surface area (Å²) in [7, 11) is 1.73. The van der Waals surface area contributed by atoms with Crippen molar-refractivity contribution >= 4 is 6.03 Å². The fourth-order valence-electron chi connectivity index (χ4n) is 1.78. The molecule has 1 aliphatic heterocycles. The minimum atomic E-state index is -0.302. The number of hydrogen-bond donors (Lipinski definition) is 1. The van der Waals surface area contributed by atoms with Gasteiger partial charge in [-0.05, 0) is 25.7 Å². The van der Waals surface area contributed by atoms with Gasteiger partial charge in [-0.3, -0.25) is 0 Å². The number of rotatable bonds is 2. The minimum Gasteiger partial charge on any atom is -0.381 e. The Hall–Kier alpha value is -0.770. The molecule has 1 atom stereocenters. The number of primary amides is 1. The van der Waals surface area contributed by atoms with Crippen molar-refractivity contribution in [2.45, 2.75) is 25.9 Å². The van der Waals surface area contributed by atoms with Crippen molar-refractivity contribution in [3.8, 4) is 0 Å². The number of ether oxygens (including phenoxy) is 1. The predicted molar refractivity (Wildman–Crippen MR) is 50.4 cm³/mol. The van der Waals surface area contributed by atoms with E-state index in [0.29, 0.717) is 5.92 Å². The number of methoxy groups -OCH3 is 1. The van der Waals surface area contributed by atoms with Crippen LogP contribution in [-0.4, -0.2) is 37.2 Å². The first-order valence-electron chi connectivity index (χ1n) is 4.72. The maximum Gasteiger partial charge on any atom is 0.314 e. The molecule has 0 saturated carbocycles. The molecule has 0 aromatic carbocycles. The summed E-state index contributed by atoms with van der Waals surface area (Å²) in [6.45, 7) is 3.62. The number of nitrogens with zero attached hydrogens (tertiary/aromatic N) is 1. The van der Waals surface area contributed by atoms with Gasteiger partial charge in [0.05, 0.1) is 6.10 Å². The zero-order chi connectivity index (χ0) is 9.84. The highest BCUT2D eigenvalue weighted by atomic mass is 16.5. The molecular weight excluding hydrogens is 168 g/mol. The van der Waals surface area contributed by atoms with Crippen molar-refractivity contribution in [3.63, 3.8) is 0 Å². The molecule has 1 heterocycles. The summed E-state index contributed by atoms with van der Waals surface area (Å²) in [6, 6.07) is -0.302. The zero-order valence-electron chi connectivity index (χ0n) is 8.32. The van der Waals surface area contributed by atoms with Crippen molar-refractivity contribution in [2.24, 2.45) is 11.7 Å². The SMILES string of the molecule is CO[C@H](C)C1CCN(C(N)=O)CC1. The third kappa shape index (κ3) is 2.59. The number of carbonyl (C=O) groups is 1. The van der Waals surface area contributed by atoms with Gasteiger partial charge in [0.1, 0.15) is 0 Å². The van der Waals surface area contributed by atoms with Crippen LogP contribution >= 0.6 is 0 Å². The van der Waals surface area contributed by atoms with Crippen molar-refractivity contribution in [1.82, 2.24) is 4.90 Å². The summed E-state index contributed by atoms with van der Waals surface area (Å²) >= 11 is 0. The second kappa shape index (κ2) is 4.46. The molecule has 0 unspecified atom stereocenters. The summed E-state index contributed by atoms with van der Waals surface area (Å²) in [5.41, 5.74) is 5.18. The number of hydrogen-bond acceptors (Lipinski definition) is 2. The number of amides is 2. The summed E-state index contributed by atoms with van der Waals surface area (Å²) in [4.78, 5) is 12.5. The Labute approximate surface area is 79.0 Å². The van der Waals surface area contributed by atoms with Crippen LogP contribution in [0.25, 0.3) is 0 Å². The molecule has 0 bridgehead atoms. The number of urea groups is 1. The normalized spacial score (nSPS) is 21.5. The number of likely N-dealkylation sites (tertiary alicyclic amines) is 1. The van der Waals surface area contributed by atoms with Gasteiger partial charge in [0, 0.05) is 20.2 Å². The van der Waals surface area contributed by atoms with Crippen LogP contribution in [0.3, 0.4) is 0 Å². The number of piperidine rings is 1. The van der Waals surface area contributed by atoms with Gasteiger partial charge < -0.3 is 15.4 Å². The van der Waals surface area contributed by atoms with Crippen LogP contribution in [0.2, 0.25) is 0 Å². The molecule has 1 rings (SSSR count). The van der Waals surface area contributed by atoms with Crippen molar-refractivity contribution in [2.75, 3.05) is 20.2 Å². The van der Waals surface area contributed by atoms with E-state index in [1.807, 2.05) is 0 Å². The van der Waals surface area contributed by atoms with Crippen molar-refractivity contribution < 1.29 is 9.53 Å². The molecule has 0 aromatic rings. The Kier molecular flexibility index (Phi) is 3.54. The van der Waals surface area contributed by atoms with Gasteiger partial charge in [-0.25, -0.2) is 4.79 Å². The average Bonchev–Trinajstić information content (AvgIpc) is 2.17. The lowest BCUT2D eigenvalue weighted by Gasteiger charge is -2.33. The highest BCUT2D eigenvalue weighted by molar-refractivity contribution is 5.72. The highest BCUT2D eigenvalue weighted by Gasteiger charge is 2.24. The van der Waals surface area contributed by atoms with E-state index in [1.165, 1.54) is 0 Å². The Morgan fingerprint density at radius 3 is 2.46 bits per heavy atom. The van der Waals surface area contributed by atoms with Crippen LogP contribution in [0, 0.1) is 5.92 Å². The van der Waals surface area contributed by atoms with Crippen molar-refractivity contribution in [1.29, 1.82) is 0 Å². The molecule has 4 nitrogen and oxygen atoms in total. The molecule has 2 N–H and O–H groups in total. The van der Waals surface area contributed by atoms with Gasteiger partial charge in [-0.2, -0.15) is 0 Å². The lowest BCUT2D eigenvalue weighted by Crippen LogP contribution is -2.43. The van der Waals surface area contributed by atoms with E-state index in [9.17, 15) is 4.79 Å². The largest absolute Gasteiger partial charge is 0.381 e. The maximum absolute atomic E-state index is 10.8. The van der Waals surface area contributed by atoms with E-state index in [4.69, 9.17) is 10.5 Å². The molecule has 13 heavy (non-hydrogen) atoms. The summed E-state index contributed by atoms with van der Waals surface area (Å²) in [5, 5.41) is 0. The third-order valence-electron chi connectivity index (χ3n) is 2.89. The third-order valence-corrected chi connectivity index (χ3v) is 2.89. The summed E-state index contributed by atoms with van der Waals surface area (Å²) in [5.74, 6) is 0.570. The smallest absolute Gasteiger partial charge is 0.314 e. The van der Waals surface area contributed by atoms with E-state index in [-0.39, 0.29) is 12.1 Å². The van der Waals surface area contributed by atoms with E-state index < -0.39 is 0 Å². The lowest BCUT2D eigenvalue weighted by atomic mass is 9.92. The van der Waals surface area contributed by atoms with E-state index in [0.717, 1.165) is 25.9 Å². The summed E-state index contributed by atoms with van der Waals surface area (Å²) < 4.78 is 5.25. The standard InChI is InChI=1S/C9H18N2O2/c1-7(13-2)8-3-5-11(6-4-8)9(10)12/h7-8H,3-6H2,1-2H3,(H2,10,12)/t7-/m1/s1. The molecular formula is C9H18N2O2. The van der Waals surface area contributed by atoms with Gasteiger partial charge >= 0.3 is 6.03 Å². The molecule has 1 aliphatic rings. The second-order valence-corrected chi connectivity index (χ2v) is 3.60. The molecule has 0 aliphatic carbocycles. The first-order valence-corrected chi connectivity index (χ1v) is 4.72. The first-order chi connectivity index (χ1) is 6.15. The van der Waals surface area contributed by atoms with E-state index in [1.54, 1.807) is 12.0 Å². The van der Waals surface area contributed by atoms with Crippen LogP contribution in [0.4, 0.5) is 4.79 Å². The van der Waals surface area contributed by atoms with Crippen LogP contribution in [0.15, 0.2) is 0 Å². The monoisotopic (exact) mass is 186 g/mol. The molecule has 4 heteroatoms. The first kappa shape index (κ1) is 10.3. The van der Waals surface area contributed by atoms with Crippen LogP contribution in [0.5, 0.6) is 0 Å². The minimum absolute atomic E-state index is 0.287. The molecule has 1 fully saturated rings. The zero-order valence-corrected chi connectivity index (χ0v) is 8.32. The molecule has 0 radical (unpaired) electrons. The van der Waals surface area contributed by atoms with E-state index in [2.05, 4.69) is 6.92 Å². The lowest BCUT2D eigenvalue weighted by molar-refractivity contribution is 0.0402. The Balaban J connectivity index is 2.34. The van der Waals surface area contributed by atoms with Crippen LogP contribution in [-0.2, 0) is 4.74 Å². The van der Waals surface area contributed by atoms with Crippen LogP contribution in [0.1, 0.15) is 19.8 Å². The maximum atomic E-state index is 10.8. The number of carbonyl (C=O) groups excluding carboxylic acids is 1. The molecule has 0 spiro atoms. The van der Waals surface area contributed by atoms with Gasteiger partial charge in [0.2, 0.25) is 0 Å². The molecule has 1 saturated heterocycles. The molecule has 2 amide bonds. The van der Waals surface area contributed by atoms with Crippen LogP contribution < -0.4 is 5.73 Å². The highest BCUT2D eigenvalue weighted by Crippen LogP contribution is 2.21.